The van der Waals surface area contributed by atoms with Gasteiger partial charge < -0.3 is 9.47 Å². The Morgan fingerprint density at radius 1 is 1.19 bits per heavy atom. The van der Waals surface area contributed by atoms with E-state index < -0.39 is 5.82 Å². The van der Waals surface area contributed by atoms with Crippen molar-refractivity contribution in [3.63, 3.8) is 0 Å². The number of aromatic nitrogens is 4. The van der Waals surface area contributed by atoms with Crippen LogP contribution >= 0.6 is 11.6 Å². The van der Waals surface area contributed by atoms with Crippen LogP contribution in [0.1, 0.15) is 27.2 Å². The molecule has 0 radical (unpaired) electrons. The number of benzene rings is 1. The fourth-order valence-corrected chi connectivity index (χ4v) is 3.31. The van der Waals surface area contributed by atoms with Gasteiger partial charge >= 0.3 is 0 Å². The molecule has 0 atom stereocenters. The summed E-state index contributed by atoms with van der Waals surface area (Å²) in [7, 11) is 1.50. The molecule has 0 unspecified atom stereocenters. The molecule has 7 nitrogen and oxygen atoms in total. The number of carbonyl (C=O) groups is 1. The summed E-state index contributed by atoms with van der Waals surface area (Å²) in [6.07, 6.45) is 3.01. The maximum Gasteiger partial charge on any atom is 0.241 e. The van der Waals surface area contributed by atoms with Gasteiger partial charge in [-0.15, -0.1) is 5.10 Å². The van der Waals surface area contributed by atoms with Crippen LogP contribution in [0.4, 0.5) is 4.39 Å². The Labute approximate surface area is 182 Å². The van der Waals surface area contributed by atoms with E-state index in [2.05, 4.69) is 20.2 Å². The lowest BCUT2D eigenvalue weighted by Gasteiger charge is -2.12. The molecule has 0 saturated heterocycles. The van der Waals surface area contributed by atoms with Crippen LogP contribution in [0.2, 0.25) is 5.02 Å². The smallest absolute Gasteiger partial charge is 0.241 e. The lowest BCUT2D eigenvalue weighted by atomic mass is 9.98. The van der Waals surface area contributed by atoms with Crippen molar-refractivity contribution in [2.45, 2.75) is 20.0 Å². The number of aryl methyl sites for hydroxylation is 1. The third kappa shape index (κ3) is 4.34. The van der Waals surface area contributed by atoms with Gasteiger partial charge in [0.25, 0.3) is 0 Å². The zero-order chi connectivity index (χ0) is 22.0. The van der Waals surface area contributed by atoms with Gasteiger partial charge in [0.2, 0.25) is 5.88 Å². The molecule has 1 aromatic carbocycles. The molecule has 0 aliphatic rings. The van der Waals surface area contributed by atoms with Crippen molar-refractivity contribution < 1.29 is 18.7 Å². The molecule has 0 bridgehead atoms. The highest BCUT2D eigenvalue weighted by Gasteiger charge is 2.20. The number of H-pyrrole nitrogens is 1. The minimum Gasteiger partial charge on any atom is -0.484 e. The number of Topliss-reactive ketones (excluding diaryl/α,β-unsaturated/α-hetero) is 1. The topological polar surface area (TPSA) is 90.0 Å². The van der Waals surface area contributed by atoms with Crippen molar-refractivity contribution in [1.82, 2.24) is 20.2 Å². The summed E-state index contributed by atoms with van der Waals surface area (Å²) >= 11 is 5.82. The number of fused-ring (bicyclic) bond motifs is 1. The maximum atomic E-state index is 15.1. The number of carbonyl (C=O) groups excluding carboxylic acids is 1. The average molecular weight is 441 g/mol. The molecule has 0 aliphatic carbocycles. The van der Waals surface area contributed by atoms with Crippen LogP contribution in [0.25, 0.3) is 11.0 Å². The maximum absolute atomic E-state index is 15.1. The van der Waals surface area contributed by atoms with Gasteiger partial charge in [-0.25, -0.2) is 9.37 Å². The molecule has 158 valence electrons. The van der Waals surface area contributed by atoms with Crippen LogP contribution < -0.4 is 9.47 Å². The van der Waals surface area contributed by atoms with E-state index in [0.29, 0.717) is 38.8 Å². The molecule has 3 heterocycles. The Morgan fingerprint density at radius 2 is 2.03 bits per heavy atom. The van der Waals surface area contributed by atoms with Crippen LogP contribution in [0.15, 0.2) is 42.7 Å². The second kappa shape index (κ2) is 8.69. The zero-order valence-electron chi connectivity index (χ0n) is 16.8. The monoisotopic (exact) mass is 440 g/mol. The number of halogens is 2. The van der Waals surface area contributed by atoms with Crippen molar-refractivity contribution in [1.29, 1.82) is 0 Å². The van der Waals surface area contributed by atoms with Crippen LogP contribution in [-0.4, -0.2) is 33.1 Å². The number of nitrogens with one attached hydrogen (secondary N) is 1. The number of aromatic amines is 1. The highest BCUT2D eigenvalue weighted by Crippen LogP contribution is 2.27. The van der Waals surface area contributed by atoms with Gasteiger partial charge in [-0.3, -0.25) is 14.9 Å². The minimum atomic E-state index is -0.700. The predicted octanol–water partition coefficient (Wildman–Crippen LogP) is 4.47. The molecule has 3 aromatic heterocycles. The normalized spacial score (nSPS) is 11.0. The first-order chi connectivity index (χ1) is 15.0. The Balaban J connectivity index is 1.56. The van der Waals surface area contributed by atoms with E-state index in [-0.39, 0.29) is 30.1 Å². The summed E-state index contributed by atoms with van der Waals surface area (Å²) in [5, 5.41) is 7.90. The third-order valence-corrected chi connectivity index (χ3v) is 4.98. The molecule has 31 heavy (non-hydrogen) atoms. The van der Waals surface area contributed by atoms with E-state index >= 15 is 4.39 Å². The molecule has 4 aromatic rings. The van der Waals surface area contributed by atoms with Crippen LogP contribution in [0.3, 0.4) is 0 Å². The average Bonchev–Trinajstić information content (AvgIpc) is 3.17. The standard InChI is InChI=1S/C22H18ClFN4O3/c1-12-3-6-18(31-11-15-5-4-14(23)10-25-15)20(24)19(12)17(29)8-13-7-16-21(26-9-13)27-28-22(16)30-2/h3-7,9-10H,8,11H2,1-2H3,(H,26,27,28). The van der Waals surface area contributed by atoms with Gasteiger partial charge in [0, 0.05) is 18.8 Å². The number of ketones is 1. The van der Waals surface area contributed by atoms with Crippen molar-refractivity contribution in [3.8, 4) is 11.6 Å². The molecule has 9 heteroatoms. The fourth-order valence-electron chi connectivity index (χ4n) is 3.20. The van der Waals surface area contributed by atoms with E-state index in [4.69, 9.17) is 21.1 Å². The second-order valence-electron chi connectivity index (χ2n) is 6.90. The highest BCUT2D eigenvalue weighted by atomic mass is 35.5. The molecule has 0 spiro atoms. The molecular formula is C22H18ClFN4O3. The Hall–Kier alpha value is -3.52. The number of hydrogen-bond acceptors (Lipinski definition) is 6. The number of hydrogen-bond donors (Lipinski definition) is 1. The van der Waals surface area contributed by atoms with Crippen LogP contribution in [0, 0.1) is 12.7 Å². The quantitative estimate of drug-likeness (QED) is 0.426. The van der Waals surface area contributed by atoms with Gasteiger partial charge in [-0.05, 0) is 42.3 Å². The van der Waals surface area contributed by atoms with Crippen molar-refractivity contribution in [2.75, 3.05) is 7.11 Å². The largest absolute Gasteiger partial charge is 0.484 e. The highest BCUT2D eigenvalue weighted by molar-refractivity contribution is 6.30. The van der Waals surface area contributed by atoms with E-state index in [1.165, 1.54) is 19.4 Å². The van der Waals surface area contributed by atoms with E-state index in [1.54, 1.807) is 37.4 Å². The molecule has 0 saturated carbocycles. The molecule has 0 aliphatic heterocycles. The number of methoxy groups -OCH3 is 1. The van der Waals surface area contributed by atoms with Gasteiger partial charge in [-0.2, -0.15) is 0 Å². The SMILES string of the molecule is COc1n[nH]c2ncc(CC(=O)c3c(C)ccc(OCc4ccc(Cl)cn4)c3F)cc12. The van der Waals surface area contributed by atoms with Crippen LogP contribution in [-0.2, 0) is 13.0 Å². The van der Waals surface area contributed by atoms with Crippen molar-refractivity contribution in [2.24, 2.45) is 0 Å². The van der Waals surface area contributed by atoms with Crippen molar-refractivity contribution in [3.05, 3.63) is 75.9 Å². The summed E-state index contributed by atoms with van der Waals surface area (Å²) < 4.78 is 25.9. The Kier molecular flexibility index (Phi) is 5.81. The summed E-state index contributed by atoms with van der Waals surface area (Å²) in [5.74, 6) is -0.719. The number of pyridine rings is 2. The van der Waals surface area contributed by atoms with E-state index in [1.807, 2.05) is 0 Å². The van der Waals surface area contributed by atoms with Gasteiger partial charge in [0.05, 0.1) is 28.8 Å². The van der Waals surface area contributed by atoms with E-state index in [0.717, 1.165) is 0 Å². The first-order valence-corrected chi connectivity index (χ1v) is 9.76. The van der Waals surface area contributed by atoms with Gasteiger partial charge in [-0.1, -0.05) is 17.7 Å². The summed E-state index contributed by atoms with van der Waals surface area (Å²) in [6.45, 7) is 1.73. The summed E-state index contributed by atoms with van der Waals surface area (Å²) in [4.78, 5) is 21.3. The number of ether oxygens (including phenoxy) is 2. The first-order valence-electron chi connectivity index (χ1n) is 9.38. The number of nitrogens with zero attached hydrogens (tertiary/aromatic N) is 3. The lowest BCUT2D eigenvalue weighted by molar-refractivity contribution is 0.0987. The van der Waals surface area contributed by atoms with Crippen LogP contribution in [0.5, 0.6) is 11.6 Å². The summed E-state index contributed by atoms with van der Waals surface area (Å²) in [5.41, 5.74) is 2.26. The molecule has 0 amide bonds. The Morgan fingerprint density at radius 3 is 2.77 bits per heavy atom. The molecule has 1 N–H and O–H groups in total. The van der Waals surface area contributed by atoms with Gasteiger partial charge in [0.15, 0.2) is 23.0 Å². The van der Waals surface area contributed by atoms with Crippen molar-refractivity contribution >= 4 is 28.4 Å². The lowest BCUT2D eigenvalue weighted by Crippen LogP contribution is -2.10. The Bertz CT molecular complexity index is 1260. The number of rotatable bonds is 7. The fraction of sp³-hybridized carbons (Fsp3) is 0.182. The summed E-state index contributed by atoms with van der Waals surface area (Å²) in [6, 6.07) is 8.27. The first kappa shape index (κ1) is 20.7. The van der Waals surface area contributed by atoms with E-state index in [9.17, 15) is 4.79 Å². The second-order valence-corrected chi connectivity index (χ2v) is 7.34. The predicted molar refractivity (Wildman–Crippen MR) is 113 cm³/mol. The molecule has 4 rings (SSSR count). The molecule has 0 fully saturated rings. The zero-order valence-corrected chi connectivity index (χ0v) is 17.5. The minimum absolute atomic E-state index is 0.0131. The third-order valence-electron chi connectivity index (χ3n) is 4.75. The molecular weight excluding hydrogens is 423 g/mol. The van der Waals surface area contributed by atoms with Gasteiger partial charge in [0.1, 0.15) is 6.61 Å².